The molecule has 0 aliphatic heterocycles. The summed E-state index contributed by atoms with van der Waals surface area (Å²) in [4.78, 5) is 0. The van der Waals surface area contributed by atoms with Crippen molar-refractivity contribution in [1.29, 1.82) is 0 Å². The molecule has 0 nitrogen and oxygen atoms in total. The Hall–Kier alpha value is -0.440. The first-order chi connectivity index (χ1) is 3.77. The number of rotatable bonds is 1. The van der Waals surface area contributed by atoms with E-state index in [-0.39, 0.29) is 5.92 Å². The minimum atomic E-state index is 0.265. The predicted octanol–water partition coefficient (Wildman–Crippen LogP) is 2.07. The van der Waals surface area contributed by atoms with E-state index in [9.17, 15) is 0 Å². The van der Waals surface area contributed by atoms with Crippen LogP contribution in [0.25, 0.3) is 0 Å². The van der Waals surface area contributed by atoms with Gasteiger partial charge in [-0.1, -0.05) is 13.8 Å². The highest BCUT2D eigenvalue weighted by Gasteiger charge is 1.78. The molecule has 0 spiro atoms. The Labute approximate surface area is 52.3 Å². The topological polar surface area (TPSA) is 0 Å². The third-order valence-corrected chi connectivity index (χ3v) is 0.650. The van der Waals surface area contributed by atoms with Crippen molar-refractivity contribution in [3.05, 3.63) is 13.8 Å². The van der Waals surface area contributed by atoms with Crippen LogP contribution in [-0.2, 0) is 0 Å². The Morgan fingerprint density at radius 3 is 2.62 bits per heavy atom. The van der Waals surface area contributed by atoms with Gasteiger partial charge < -0.3 is 0 Å². The monoisotopic (exact) mass is 108 g/mol. The van der Waals surface area contributed by atoms with Crippen molar-refractivity contribution in [2.45, 2.75) is 19.8 Å². The van der Waals surface area contributed by atoms with Crippen molar-refractivity contribution in [1.82, 2.24) is 0 Å². The molecule has 0 bridgehead atoms. The fourth-order valence-electron chi connectivity index (χ4n) is 0.335. The molecule has 0 aliphatic carbocycles. The summed E-state index contributed by atoms with van der Waals surface area (Å²) >= 11 is 0. The summed E-state index contributed by atoms with van der Waals surface area (Å²) < 4.78 is 0. The first kappa shape index (κ1) is 7.56. The first-order valence-electron chi connectivity index (χ1n) is 2.88. The van der Waals surface area contributed by atoms with Gasteiger partial charge in [0.05, 0.1) is 0 Å². The van der Waals surface area contributed by atoms with Gasteiger partial charge in [0.2, 0.25) is 0 Å². The van der Waals surface area contributed by atoms with Crippen LogP contribution in [0.3, 0.4) is 0 Å². The van der Waals surface area contributed by atoms with E-state index in [1.54, 1.807) is 0 Å². The van der Waals surface area contributed by atoms with Crippen molar-refractivity contribution in [2.24, 2.45) is 5.92 Å². The molecule has 0 aromatic rings. The van der Waals surface area contributed by atoms with E-state index < -0.39 is 0 Å². The molecule has 0 heterocycles. The zero-order valence-electron chi connectivity index (χ0n) is 5.41. The third-order valence-electron chi connectivity index (χ3n) is 0.650. The number of unbranched alkanes of at least 4 members (excludes halogenated alkanes) is 1. The van der Waals surface area contributed by atoms with Gasteiger partial charge in [0.15, 0.2) is 0 Å². The fourth-order valence-corrected chi connectivity index (χ4v) is 0.335. The summed E-state index contributed by atoms with van der Waals surface area (Å²) in [6.07, 6.45) is 1.81. The predicted molar refractivity (Wildman–Crippen MR) is 36.9 cm³/mol. The van der Waals surface area contributed by atoms with Crippen molar-refractivity contribution in [3.63, 3.8) is 0 Å². The maximum Gasteiger partial charge on any atom is 0.0175 e. The van der Waals surface area contributed by atoms with Gasteiger partial charge in [-0.3, -0.25) is 0 Å². The van der Waals surface area contributed by atoms with Crippen molar-refractivity contribution in [2.75, 3.05) is 0 Å². The Balaban J connectivity index is 3.20. The third kappa shape index (κ3) is 5.56. The molecule has 1 unspecified atom stereocenters. The van der Waals surface area contributed by atoms with E-state index in [1.807, 2.05) is 6.92 Å². The van der Waals surface area contributed by atoms with Crippen molar-refractivity contribution >= 4 is 0 Å². The molecule has 2 radical (unpaired) electrons. The van der Waals surface area contributed by atoms with Gasteiger partial charge in [-0.2, -0.15) is 0 Å². The highest BCUT2D eigenvalue weighted by atomic mass is 13.8. The Morgan fingerprint density at radius 2 is 2.25 bits per heavy atom. The quantitative estimate of drug-likeness (QED) is 0.451. The Bertz CT molecular complexity index is 90.3. The number of hydrogen-bond acceptors (Lipinski definition) is 0. The lowest BCUT2D eigenvalue weighted by Gasteiger charge is -1.85. The highest BCUT2D eigenvalue weighted by Crippen LogP contribution is 1.87. The minimum absolute atomic E-state index is 0.265. The average Bonchev–Trinajstić information content (AvgIpc) is 1.66. The van der Waals surface area contributed by atoms with Gasteiger partial charge in [0.25, 0.3) is 0 Å². The van der Waals surface area contributed by atoms with Crippen LogP contribution in [0.4, 0.5) is 0 Å². The summed E-state index contributed by atoms with van der Waals surface area (Å²) in [5, 5.41) is 0. The van der Waals surface area contributed by atoms with Gasteiger partial charge in [0.1, 0.15) is 0 Å². The summed E-state index contributed by atoms with van der Waals surface area (Å²) in [5.74, 6) is 6.17. The molecule has 0 fully saturated rings. The molecule has 0 saturated carbocycles. The van der Waals surface area contributed by atoms with Crippen molar-refractivity contribution < 1.29 is 0 Å². The van der Waals surface area contributed by atoms with Crippen molar-refractivity contribution in [3.8, 4) is 11.8 Å². The molecule has 0 heteroatoms. The summed E-state index contributed by atoms with van der Waals surface area (Å²) in [6, 6.07) is 0. The van der Waals surface area contributed by atoms with Crippen LogP contribution >= 0.6 is 0 Å². The average molecular weight is 108 g/mol. The van der Waals surface area contributed by atoms with Gasteiger partial charge in [-0.05, 0) is 13.3 Å². The van der Waals surface area contributed by atoms with Crippen LogP contribution in [0.5, 0.6) is 0 Å². The zero-order chi connectivity index (χ0) is 6.41. The van der Waals surface area contributed by atoms with Gasteiger partial charge >= 0.3 is 0 Å². The second-order valence-electron chi connectivity index (χ2n) is 1.83. The van der Waals surface area contributed by atoms with Gasteiger partial charge in [-0.15, -0.1) is 11.8 Å². The lowest BCUT2D eigenvalue weighted by molar-refractivity contribution is 0.968. The molecule has 0 N–H and O–H groups in total. The Morgan fingerprint density at radius 1 is 1.62 bits per heavy atom. The van der Waals surface area contributed by atoms with Crippen LogP contribution in [0.15, 0.2) is 0 Å². The van der Waals surface area contributed by atoms with Crippen LogP contribution in [0, 0.1) is 31.6 Å². The summed E-state index contributed by atoms with van der Waals surface area (Å²) in [7, 11) is 0. The second-order valence-corrected chi connectivity index (χ2v) is 1.83. The van der Waals surface area contributed by atoms with Crippen LogP contribution in [0.1, 0.15) is 19.8 Å². The molecule has 0 aliphatic rings. The van der Waals surface area contributed by atoms with Crippen LogP contribution in [-0.4, -0.2) is 0 Å². The maximum absolute atomic E-state index is 3.72. The highest BCUT2D eigenvalue weighted by molar-refractivity contribution is 5.03. The number of hydrogen-bond donors (Lipinski definition) is 0. The standard InChI is InChI=1S/C8H12/c1-4-5-6-7-8(2)3/h8H,1-2,4-5H2,3H3. The molecule has 0 saturated heterocycles. The molecule has 1 atom stereocenters. The lowest BCUT2D eigenvalue weighted by Crippen LogP contribution is -1.77. The maximum atomic E-state index is 3.72. The molecule has 44 valence electrons. The molecule has 0 amide bonds. The Kier molecular flexibility index (Phi) is 4.45. The molecule has 0 rings (SSSR count). The second kappa shape index (κ2) is 4.71. The van der Waals surface area contributed by atoms with Gasteiger partial charge in [-0.25, -0.2) is 0 Å². The lowest BCUT2D eigenvalue weighted by atomic mass is 10.2. The molecule has 0 aromatic heterocycles. The van der Waals surface area contributed by atoms with Gasteiger partial charge in [0, 0.05) is 12.3 Å². The van der Waals surface area contributed by atoms with Crippen LogP contribution < -0.4 is 0 Å². The summed E-state index contributed by atoms with van der Waals surface area (Å²) in [6.45, 7) is 9.36. The zero-order valence-corrected chi connectivity index (χ0v) is 5.41. The van der Waals surface area contributed by atoms with E-state index in [4.69, 9.17) is 0 Å². The normalized spacial score (nSPS) is 8.50. The summed E-state index contributed by atoms with van der Waals surface area (Å²) in [5.41, 5.74) is 0. The molecule has 0 aromatic carbocycles. The molecule has 8 heavy (non-hydrogen) atoms. The van der Waals surface area contributed by atoms with Crippen LogP contribution in [0.2, 0.25) is 0 Å². The SMILES string of the molecule is [CH2]CCC#CC([CH2])C. The van der Waals surface area contributed by atoms with E-state index in [0.717, 1.165) is 12.8 Å². The molecular formula is C8H12. The van der Waals surface area contributed by atoms with E-state index >= 15 is 0 Å². The molecular weight excluding hydrogens is 96.1 g/mol. The van der Waals surface area contributed by atoms with E-state index in [0.29, 0.717) is 0 Å². The minimum Gasteiger partial charge on any atom is -0.103 e. The first-order valence-corrected chi connectivity index (χ1v) is 2.88. The largest absolute Gasteiger partial charge is 0.103 e. The fraction of sp³-hybridized carbons (Fsp3) is 0.500. The smallest absolute Gasteiger partial charge is 0.0175 e. The van der Waals surface area contributed by atoms with E-state index in [1.165, 1.54) is 0 Å². The van der Waals surface area contributed by atoms with E-state index in [2.05, 4.69) is 25.7 Å².